The summed E-state index contributed by atoms with van der Waals surface area (Å²) in [6, 6.07) is 18.3. The number of pyridine rings is 1. The maximum Gasteiger partial charge on any atom is 0.264 e. The summed E-state index contributed by atoms with van der Waals surface area (Å²) in [4.78, 5) is 21.1. The van der Waals surface area contributed by atoms with Gasteiger partial charge in [-0.25, -0.2) is 13.4 Å². The lowest BCUT2D eigenvalue weighted by molar-refractivity contribution is 0.102. The van der Waals surface area contributed by atoms with E-state index in [0.29, 0.717) is 16.4 Å². The topological polar surface area (TPSA) is 92.3 Å². The Hall–Kier alpha value is -3.56. The zero-order valence-electron chi connectivity index (χ0n) is 16.5. The van der Waals surface area contributed by atoms with Gasteiger partial charge in [-0.2, -0.15) is 0 Å². The van der Waals surface area contributed by atoms with Crippen LogP contribution in [0.2, 0.25) is 0 Å². The number of carbonyl (C=O) groups is 1. The minimum Gasteiger partial charge on any atom is -0.298 e. The Balaban J connectivity index is 1.48. The highest BCUT2D eigenvalue weighted by atomic mass is 32.2. The second-order valence-electron chi connectivity index (χ2n) is 6.56. The molecule has 31 heavy (non-hydrogen) atoms. The normalized spacial score (nSPS) is 11.1. The van der Waals surface area contributed by atoms with Crippen LogP contribution in [0.1, 0.15) is 10.4 Å². The van der Waals surface area contributed by atoms with Gasteiger partial charge in [-0.15, -0.1) is 11.3 Å². The summed E-state index contributed by atoms with van der Waals surface area (Å²) in [6.45, 7) is 0. The van der Waals surface area contributed by atoms with E-state index >= 15 is 0 Å². The zero-order chi connectivity index (χ0) is 21.8. The first-order valence-electron chi connectivity index (χ1n) is 9.26. The van der Waals surface area contributed by atoms with Crippen molar-refractivity contribution in [1.29, 1.82) is 0 Å². The third-order valence-electron chi connectivity index (χ3n) is 4.60. The van der Waals surface area contributed by atoms with E-state index < -0.39 is 10.0 Å². The van der Waals surface area contributed by atoms with Crippen molar-refractivity contribution in [3.8, 4) is 11.3 Å². The molecule has 0 aliphatic heterocycles. The SMILES string of the molecule is CN(c1ccccc1)S(=O)(=O)c1ccc(C(=O)Nc2nc(-c3ccncc3)cs2)cc1. The van der Waals surface area contributed by atoms with Crippen LogP contribution in [0.5, 0.6) is 0 Å². The second kappa shape index (κ2) is 8.66. The molecule has 156 valence electrons. The van der Waals surface area contributed by atoms with Crippen LogP contribution in [-0.4, -0.2) is 31.3 Å². The van der Waals surface area contributed by atoms with Gasteiger partial charge in [-0.05, 0) is 48.5 Å². The van der Waals surface area contributed by atoms with Crippen LogP contribution in [0, 0.1) is 0 Å². The zero-order valence-corrected chi connectivity index (χ0v) is 18.1. The summed E-state index contributed by atoms with van der Waals surface area (Å²) in [5.41, 5.74) is 2.54. The Morgan fingerprint density at radius 3 is 2.32 bits per heavy atom. The van der Waals surface area contributed by atoms with E-state index in [9.17, 15) is 13.2 Å². The number of nitrogens with zero attached hydrogens (tertiary/aromatic N) is 3. The van der Waals surface area contributed by atoms with Crippen molar-refractivity contribution < 1.29 is 13.2 Å². The lowest BCUT2D eigenvalue weighted by atomic mass is 10.2. The first kappa shape index (κ1) is 20.7. The first-order chi connectivity index (χ1) is 14.9. The third kappa shape index (κ3) is 4.47. The average molecular weight is 451 g/mol. The fourth-order valence-corrected chi connectivity index (χ4v) is 4.78. The second-order valence-corrected chi connectivity index (χ2v) is 9.39. The van der Waals surface area contributed by atoms with Crippen LogP contribution in [0.25, 0.3) is 11.3 Å². The van der Waals surface area contributed by atoms with Crippen molar-refractivity contribution in [3.05, 3.63) is 90.1 Å². The van der Waals surface area contributed by atoms with Gasteiger partial charge in [0.25, 0.3) is 15.9 Å². The highest BCUT2D eigenvalue weighted by Crippen LogP contribution is 2.25. The van der Waals surface area contributed by atoms with Gasteiger partial charge in [0.1, 0.15) is 0 Å². The summed E-state index contributed by atoms with van der Waals surface area (Å²) >= 11 is 1.31. The van der Waals surface area contributed by atoms with Crippen LogP contribution in [0.4, 0.5) is 10.8 Å². The molecular formula is C22H18N4O3S2. The highest BCUT2D eigenvalue weighted by molar-refractivity contribution is 7.92. The Morgan fingerprint density at radius 2 is 1.65 bits per heavy atom. The molecule has 1 N–H and O–H groups in total. The molecule has 4 aromatic rings. The largest absolute Gasteiger partial charge is 0.298 e. The molecule has 0 atom stereocenters. The van der Waals surface area contributed by atoms with Crippen LogP contribution >= 0.6 is 11.3 Å². The summed E-state index contributed by atoms with van der Waals surface area (Å²) < 4.78 is 26.9. The number of hydrogen-bond donors (Lipinski definition) is 1. The first-order valence-corrected chi connectivity index (χ1v) is 11.6. The van der Waals surface area contributed by atoms with Crippen LogP contribution in [0.3, 0.4) is 0 Å². The number of anilines is 2. The van der Waals surface area contributed by atoms with Gasteiger partial charge in [0.05, 0.1) is 16.3 Å². The minimum atomic E-state index is -3.73. The summed E-state index contributed by atoms with van der Waals surface area (Å²) in [6.07, 6.45) is 3.36. The molecule has 4 rings (SSSR count). The number of para-hydroxylation sites is 1. The van der Waals surface area contributed by atoms with Crippen molar-refractivity contribution in [1.82, 2.24) is 9.97 Å². The molecule has 0 saturated carbocycles. The van der Waals surface area contributed by atoms with Crippen molar-refractivity contribution in [2.24, 2.45) is 0 Å². The summed E-state index contributed by atoms with van der Waals surface area (Å²) in [5.74, 6) is -0.365. The maximum absolute atomic E-state index is 12.9. The molecule has 0 unspecified atom stereocenters. The van der Waals surface area contributed by atoms with Gasteiger partial charge in [-0.1, -0.05) is 18.2 Å². The number of sulfonamides is 1. The maximum atomic E-state index is 12.9. The van der Waals surface area contributed by atoms with Crippen molar-refractivity contribution in [2.45, 2.75) is 4.90 Å². The van der Waals surface area contributed by atoms with Crippen LogP contribution in [0.15, 0.2) is 89.4 Å². The Morgan fingerprint density at radius 1 is 0.968 bits per heavy atom. The van der Waals surface area contributed by atoms with E-state index in [-0.39, 0.29) is 10.8 Å². The molecule has 0 saturated heterocycles. The number of rotatable bonds is 6. The summed E-state index contributed by atoms with van der Waals surface area (Å²) in [7, 11) is -2.24. The van der Waals surface area contributed by atoms with Gasteiger partial charge < -0.3 is 0 Å². The van der Waals surface area contributed by atoms with Crippen LogP contribution < -0.4 is 9.62 Å². The summed E-state index contributed by atoms with van der Waals surface area (Å²) in [5, 5.41) is 5.05. The molecule has 0 bridgehead atoms. The van der Waals surface area contributed by atoms with E-state index in [4.69, 9.17) is 0 Å². The third-order valence-corrected chi connectivity index (χ3v) is 7.15. The monoisotopic (exact) mass is 450 g/mol. The lowest BCUT2D eigenvalue weighted by Gasteiger charge is -2.19. The predicted molar refractivity (Wildman–Crippen MR) is 122 cm³/mol. The molecule has 2 heterocycles. The predicted octanol–water partition coefficient (Wildman–Crippen LogP) is 4.28. The highest BCUT2D eigenvalue weighted by Gasteiger charge is 2.21. The van der Waals surface area contributed by atoms with Crippen LogP contribution in [-0.2, 0) is 10.0 Å². The number of aromatic nitrogens is 2. The molecule has 0 spiro atoms. The van der Waals surface area contributed by atoms with E-state index in [1.54, 1.807) is 36.7 Å². The molecule has 2 aromatic heterocycles. The number of amides is 1. The van der Waals surface area contributed by atoms with Crippen molar-refractivity contribution in [3.63, 3.8) is 0 Å². The number of thiazole rings is 1. The Kier molecular flexibility index (Phi) is 5.79. The van der Waals surface area contributed by atoms with Gasteiger partial charge in [0.2, 0.25) is 0 Å². The molecule has 1 amide bonds. The fraction of sp³-hybridized carbons (Fsp3) is 0.0455. The molecular weight excluding hydrogens is 432 g/mol. The van der Waals surface area contributed by atoms with Crippen molar-refractivity contribution >= 4 is 38.1 Å². The molecule has 0 fully saturated rings. The number of benzene rings is 2. The lowest BCUT2D eigenvalue weighted by Crippen LogP contribution is -2.26. The molecule has 0 aliphatic carbocycles. The molecule has 9 heteroatoms. The fourth-order valence-electron chi connectivity index (χ4n) is 2.87. The molecule has 0 aliphatic rings. The Bertz CT molecular complexity index is 1290. The van der Waals surface area contributed by atoms with Crippen molar-refractivity contribution in [2.75, 3.05) is 16.7 Å². The smallest absolute Gasteiger partial charge is 0.264 e. The van der Waals surface area contributed by atoms with E-state index in [0.717, 1.165) is 11.3 Å². The number of hydrogen-bond acceptors (Lipinski definition) is 6. The standard InChI is InChI=1S/C22H18N4O3S2/c1-26(18-5-3-2-4-6-18)31(28,29)19-9-7-17(8-10-19)21(27)25-22-24-20(15-30-22)16-11-13-23-14-12-16/h2-15H,1H3,(H,24,25,27). The quantitative estimate of drug-likeness (QED) is 0.473. The van der Waals surface area contributed by atoms with Gasteiger partial charge in [-0.3, -0.25) is 19.4 Å². The van der Waals surface area contributed by atoms with E-state index in [2.05, 4.69) is 15.3 Å². The number of carbonyl (C=O) groups excluding carboxylic acids is 1. The minimum absolute atomic E-state index is 0.102. The van der Waals surface area contributed by atoms with E-state index in [1.165, 1.54) is 47.0 Å². The van der Waals surface area contributed by atoms with Gasteiger partial charge >= 0.3 is 0 Å². The molecule has 2 aromatic carbocycles. The van der Waals surface area contributed by atoms with Gasteiger partial charge in [0, 0.05) is 35.9 Å². The van der Waals surface area contributed by atoms with Gasteiger partial charge in [0.15, 0.2) is 5.13 Å². The average Bonchev–Trinajstić information content (AvgIpc) is 3.28. The number of nitrogens with one attached hydrogen (secondary N) is 1. The Labute approximate surface area is 184 Å². The molecule has 0 radical (unpaired) electrons. The van der Waals surface area contributed by atoms with E-state index in [1.807, 2.05) is 23.6 Å². The molecule has 7 nitrogen and oxygen atoms in total.